The van der Waals surface area contributed by atoms with E-state index in [1.807, 2.05) is 37.3 Å². The Morgan fingerprint density at radius 3 is 2.88 bits per heavy atom. The number of hydrogen-bond acceptors (Lipinski definition) is 3. The number of pyridine rings is 1. The largest absolute Gasteiger partial charge is 0.493 e. The third kappa shape index (κ3) is 3.07. The molecule has 24 heavy (non-hydrogen) atoms. The Bertz CT molecular complexity index is 839. The van der Waals surface area contributed by atoms with Gasteiger partial charge in [-0.25, -0.2) is 0 Å². The lowest BCUT2D eigenvalue weighted by molar-refractivity contribution is 0.0936. The van der Waals surface area contributed by atoms with Crippen LogP contribution in [0.5, 0.6) is 5.75 Å². The molecule has 1 aromatic heterocycles. The highest BCUT2D eigenvalue weighted by atomic mass is 16.5. The first-order chi connectivity index (χ1) is 11.5. The molecule has 3 rings (SSSR count). The number of nitrogens with zero attached hydrogens (tertiary/aromatic N) is 1. The fraction of sp³-hybridized carbons (Fsp3) is 0.368. The molecular weight excluding hydrogens is 304 g/mol. The summed E-state index contributed by atoms with van der Waals surface area (Å²) in [6.45, 7) is 4.71. The summed E-state index contributed by atoms with van der Waals surface area (Å²) in [5.41, 5.74) is 2.67. The highest BCUT2D eigenvalue weighted by Crippen LogP contribution is 2.26. The van der Waals surface area contributed by atoms with Crippen LogP contribution < -0.4 is 15.6 Å². The predicted molar refractivity (Wildman–Crippen MR) is 92.6 cm³/mol. The molecule has 0 bridgehead atoms. The number of amides is 1. The number of rotatable bonds is 3. The van der Waals surface area contributed by atoms with Gasteiger partial charge in [-0.3, -0.25) is 9.59 Å². The highest BCUT2D eigenvalue weighted by Gasteiger charge is 2.22. The van der Waals surface area contributed by atoms with E-state index < -0.39 is 0 Å². The Kier molecular flexibility index (Phi) is 4.42. The lowest BCUT2D eigenvalue weighted by Crippen LogP contribution is -2.38. The number of aromatic nitrogens is 1. The Hall–Kier alpha value is -2.56. The predicted octanol–water partition coefficient (Wildman–Crippen LogP) is 1.98. The van der Waals surface area contributed by atoms with Gasteiger partial charge in [0.1, 0.15) is 11.3 Å². The fourth-order valence-corrected chi connectivity index (χ4v) is 3.10. The average Bonchev–Trinajstić information content (AvgIpc) is 2.58. The molecule has 5 heteroatoms. The molecule has 0 radical (unpaired) electrons. The topological polar surface area (TPSA) is 60.3 Å². The van der Waals surface area contributed by atoms with Crippen molar-refractivity contribution in [1.29, 1.82) is 0 Å². The zero-order valence-electron chi connectivity index (χ0n) is 14.3. The van der Waals surface area contributed by atoms with Gasteiger partial charge in [0.05, 0.1) is 6.61 Å². The molecule has 2 aromatic rings. The number of nitrogens with one attached hydrogen (secondary N) is 1. The van der Waals surface area contributed by atoms with E-state index in [0.29, 0.717) is 18.7 Å². The first-order valence-electron chi connectivity index (χ1n) is 8.13. The molecule has 1 N–H and O–H groups in total. The molecule has 1 amide bonds. The van der Waals surface area contributed by atoms with E-state index in [-0.39, 0.29) is 22.9 Å². The van der Waals surface area contributed by atoms with Crippen molar-refractivity contribution >= 4 is 5.91 Å². The molecule has 0 saturated carbocycles. The quantitative estimate of drug-likeness (QED) is 0.938. The third-order valence-electron chi connectivity index (χ3n) is 4.60. The van der Waals surface area contributed by atoms with Crippen LogP contribution >= 0.6 is 0 Å². The zero-order chi connectivity index (χ0) is 17.3. The molecule has 0 spiro atoms. The van der Waals surface area contributed by atoms with Gasteiger partial charge in [-0.2, -0.15) is 0 Å². The van der Waals surface area contributed by atoms with Gasteiger partial charge in [0.25, 0.3) is 11.5 Å². The molecule has 0 unspecified atom stereocenters. The number of fused-ring (bicyclic) bond motifs is 1. The molecule has 1 atom stereocenters. The highest BCUT2D eigenvalue weighted by molar-refractivity contribution is 5.95. The fourth-order valence-electron chi connectivity index (χ4n) is 3.10. The Labute approximate surface area is 141 Å². The van der Waals surface area contributed by atoms with Crippen molar-refractivity contribution in [2.24, 2.45) is 13.0 Å². The van der Waals surface area contributed by atoms with Crippen LogP contribution in [0.15, 0.2) is 35.1 Å². The van der Waals surface area contributed by atoms with E-state index in [0.717, 1.165) is 23.4 Å². The second kappa shape index (κ2) is 6.51. The second-order valence-electron chi connectivity index (χ2n) is 6.41. The number of benzene rings is 1. The Balaban J connectivity index is 1.69. The van der Waals surface area contributed by atoms with Crippen molar-refractivity contribution in [2.45, 2.75) is 20.3 Å². The van der Waals surface area contributed by atoms with Gasteiger partial charge < -0.3 is 14.6 Å². The molecular formula is C19H22N2O3. The maximum absolute atomic E-state index is 12.5. The first kappa shape index (κ1) is 16.3. The molecule has 1 aliphatic rings. The van der Waals surface area contributed by atoms with Crippen LogP contribution in [0.1, 0.15) is 27.2 Å². The van der Waals surface area contributed by atoms with E-state index in [1.165, 1.54) is 4.57 Å². The lowest BCUT2D eigenvalue weighted by Gasteiger charge is -2.25. The minimum Gasteiger partial charge on any atom is -0.493 e. The summed E-state index contributed by atoms with van der Waals surface area (Å²) in [6, 6.07) is 9.81. The molecule has 5 nitrogen and oxygen atoms in total. The van der Waals surface area contributed by atoms with Crippen molar-refractivity contribution in [2.75, 3.05) is 13.2 Å². The minimum absolute atomic E-state index is 0.207. The van der Waals surface area contributed by atoms with E-state index in [2.05, 4.69) is 5.32 Å². The summed E-state index contributed by atoms with van der Waals surface area (Å²) in [7, 11) is 1.68. The lowest BCUT2D eigenvalue weighted by atomic mass is 9.96. The van der Waals surface area contributed by atoms with Crippen LogP contribution in [0.25, 0.3) is 0 Å². The van der Waals surface area contributed by atoms with E-state index in [1.54, 1.807) is 14.0 Å². The molecule has 1 aliphatic heterocycles. The van der Waals surface area contributed by atoms with Crippen molar-refractivity contribution in [3.63, 3.8) is 0 Å². The van der Waals surface area contributed by atoms with Gasteiger partial charge in [-0.15, -0.1) is 0 Å². The van der Waals surface area contributed by atoms with E-state index in [4.69, 9.17) is 4.74 Å². The summed E-state index contributed by atoms with van der Waals surface area (Å²) >= 11 is 0. The molecule has 0 aliphatic carbocycles. The normalized spacial score (nSPS) is 16.2. The van der Waals surface area contributed by atoms with Gasteiger partial charge in [0, 0.05) is 25.2 Å². The van der Waals surface area contributed by atoms with Crippen molar-refractivity contribution in [1.82, 2.24) is 9.88 Å². The number of carbonyl (C=O) groups is 1. The SMILES string of the molecule is Cc1cc(C)n(C)c(=O)c1C(=O)NC[C@@H]1COc2ccccc2C1. The van der Waals surface area contributed by atoms with Gasteiger partial charge in [0.15, 0.2) is 0 Å². The number of carbonyl (C=O) groups excluding carboxylic acids is 1. The molecule has 0 fully saturated rings. The summed E-state index contributed by atoms with van der Waals surface area (Å²) in [5, 5.41) is 2.90. The summed E-state index contributed by atoms with van der Waals surface area (Å²) in [4.78, 5) is 24.8. The second-order valence-corrected chi connectivity index (χ2v) is 6.41. The number of ether oxygens (including phenoxy) is 1. The number of para-hydroxylation sites is 1. The molecule has 126 valence electrons. The monoisotopic (exact) mass is 326 g/mol. The molecule has 1 aromatic carbocycles. The minimum atomic E-state index is -0.313. The summed E-state index contributed by atoms with van der Waals surface area (Å²) < 4.78 is 7.24. The Morgan fingerprint density at radius 1 is 1.33 bits per heavy atom. The van der Waals surface area contributed by atoms with Crippen LogP contribution in [0.4, 0.5) is 0 Å². The summed E-state index contributed by atoms with van der Waals surface area (Å²) in [5.74, 6) is 0.814. The van der Waals surface area contributed by atoms with Crippen LogP contribution in [0.3, 0.4) is 0 Å². The molecule has 2 heterocycles. The standard InChI is InChI=1S/C19H22N2O3/c1-12-8-13(2)21(3)19(23)17(12)18(22)20-10-14-9-15-6-4-5-7-16(15)24-11-14/h4-8,14H,9-11H2,1-3H3,(H,20,22)/t14-/m1/s1. The van der Waals surface area contributed by atoms with Gasteiger partial charge in [-0.1, -0.05) is 18.2 Å². The van der Waals surface area contributed by atoms with Crippen molar-refractivity contribution in [3.8, 4) is 5.75 Å². The maximum atomic E-state index is 12.5. The smallest absolute Gasteiger partial charge is 0.263 e. The van der Waals surface area contributed by atoms with Gasteiger partial charge in [0.2, 0.25) is 0 Å². The summed E-state index contributed by atoms with van der Waals surface area (Å²) in [6.07, 6.45) is 0.862. The van der Waals surface area contributed by atoms with E-state index in [9.17, 15) is 9.59 Å². The van der Waals surface area contributed by atoms with Crippen LogP contribution in [0, 0.1) is 19.8 Å². The van der Waals surface area contributed by atoms with Crippen LogP contribution in [0.2, 0.25) is 0 Å². The van der Waals surface area contributed by atoms with Gasteiger partial charge in [-0.05, 0) is 43.5 Å². The van der Waals surface area contributed by atoms with E-state index >= 15 is 0 Å². The maximum Gasteiger partial charge on any atom is 0.263 e. The first-order valence-corrected chi connectivity index (χ1v) is 8.13. The Morgan fingerprint density at radius 2 is 2.08 bits per heavy atom. The van der Waals surface area contributed by atoms with Crippen molar-refractivity contribution in [3.05, 3.63) is 63.1 Å². The van der Waals surface area contributed by atoms with Gasteiger partial charge >= 0.3 is 0 Å². The zero-order valence-corrected chi connectivity index (χ0v) is 14.3. The van der Waals surface area contributed by atoms with Crippen molar-refractivity contribution < 1.29 is 9.53 Å². The number of aryl methyl sites for hydroxylation is 2. The van der Waals surface area contributed by atoms with Crippen LogP contribution in [-0.4, -0.2) is 23.6 Å². The molecule has 0 saturated heterocycles. The average molecular weight is 326 g/mol. The van der Waals surface area contributed by atoms with Crippen LogP contribution in [-0.2, 0) is 13.5 Å². The third-order valence-corrected chi connectivity index (χ3v) is 4.60. The number of hydrogen-bond donors (Lipinski definition) is 1.